The van der Waals surface area contributed by atoms with E-state index in [9.17, 15) is 0 Å². The van der Waals surface area contributed by atoms with Crippen LogP contribution in [0.1, 0.15) is 64.9 Å². The average Bonchev–Trinajstić information content (AvgIpc) is 2.34. The molecule has 1 aromatic carbocycles. The lowest BCUT2D eigenvalue weighted by Crippen LogP contribution is -2.38. The van der Waals surface area contributed by atoms with Gasteiger partial charge in [-0.2, -0.15) is 0 Å². The van der Waals surface area contributed by atoms with Gasteiger partial charge in [-0.3, -0.25) is 0 Å². The predicted molar refractivity (Wildman–Crippen MR) is 88.8 cm³/mol. The number of benzene rings is 1. The highest BCUT2D eigenvalue weighted by Crippen LogP contribution is 2.24. The van der Waals surface area contributed by atoms with Crippen molar-refractivity contribution in [2.75, 3.05) is 6.54 Å². The minimum atomic E-state index is 0.193. The van der Waals surface area contributed by atoms with Gasteiger partial charge in [0.2, 0.25) is 0 Å². The summed E-state index contributed by atoms with van der Waals surface area (Å²) in [6, 6.07) is 8.81. The Balaban J connectivity index is 2.65. The first-order valence-corrected chi connectivity index (χ1v) is 8.22. The Morgan fingerprint density at radius 2 is 1.74 bits per heavy atom. The van der Waals surface area contributed by atoms with Crippen LogP contribution in [0.5, 0.6) is 0 Å². The van der Waals surface area contributed by atoms with Gasteiger partial charge in [0, 0.05) is 16.6 Å². The molecule has 0 saturated carbocycles. The zero-order chi connectivity index (χ0) is 14.3. The Labute approximate surface area is 127 Å². The van der Waals surface area contributed by atoms with E-state index in [1.54, 1.807) is 0 Å². The predicted octanol–water partition coefficient (Wildman–Crippen LogP) is 5.50. The zero-order valence-electron chi connectivity index (χ0n) is 12.8. The molecule has 0 heterocycles. The number of hydrogen-bond donors (Lipinski definition) is 1. The van der Waals surface area contributed by atoms with Gasteiger partial charge in [0.05, 0.1) is 0 Å². The molecule has 1 aromatic rings. The molecular weight excluding hydrogens is 298 g/mol. The van der Waals surface area contributed by atoms with Crippen LogP contribution < -0.4 is 5.32 Å². The maximum Gasteiger partial charge on any atom is 0.0175 e. The first-order chi connectivity index (χ1) is 8.92. The molecule has 1 N–H and O–H groups in total. The van der Waals surface area contributed by atoms with Gasteiger partial charge in [0.25, 0.3) is 0 Å². The number of halogens is 1. The quantitative estimate of drug-likeness (QED) is 0.652. The summed E-state index contributed by atoms with van der Waals surface area (Å²) in [5, 5.41) is 3.65. The van der Waals surface area contributed by atoms with Crippen molar-refractivity contribution < 1.29 is 0 Å². The molecule has 0 aliphatic rings. The van der Waals surface area contributed by atoms with Crippen LogP contribution in [0.25, 0.3) is 0 Å². The van der Waals surface area contributed by atoms with Crippen molar-refractivity contribution in [3.05, 3.63) is 34.3 Å². The number of unbranched alkanes of at least 4 members (excludes halogenated alkanes) is 2. The lowest BCUT2D eigenvalue weighted by Gasteiger charge is -2.26. The molecule has 1 rings (SSSR count). The van der Waals surface area contributed by atoms with E-state index < -0.39 is 0 Å². The van der Waals surface area contributed by atoms with Crippen LogP contribution in [0.15, 0.2) is 28.7 Å². The third-order valence-corrected chi connectivity index (χ3v) is 3.91. The third kappa shape index (κ3) is 7.12. The lowest BCUT2D eigenvalue weighted by atomic mass is 9.92. The topological polar surface area (TPSA) is 12.0 Å². The number of hydrogen-bond acceptors (Lipinski definition) is 1. The maximum atomic E-state index is 3.65. The molecule has 0 radical (unpaired) electrons. The Morgan fingerprint density at radius 3 is 2.26 bits per heavy atom. The van der Waals surface area contributed by atoms with Gasteiger partial charge in [0.1, 0.15) is 0 Å². The molecule has 0 aromatic heterocycles. The van der Waals surface area contributed by atoms with Crippen LogP contribution in [-0.4, -0.2) is 12.1 Å². The summed E-state index contributed by atoms with van der Waals surface area (Å²) in [5.41, 5.74) is 1.65. The molecule has 19 heavy (non-hydrogen) atoms. The highest BCUT2D eigenvalue weighted by atomic mass is 79.9. The summed E-state index contributed by atoms with van der Waals surface area (Å²) in [4.78, 5) is 0. The van der Waals surface area contributed by atoms with Gasteiger partial charge in [0.15, 0.2) is 0 Å². The lowest BCUT2D eigenvalue weighted by molar-refractivity contribution is 0.394. The van der Waals surface area contributed by atoms with Crippen molar-refractivity contribution in [1.29, 1.82) is 0 Å². The molecule has 0 aliphatic carbocycles. The minimum Gasteiger partial charge on any atom is -0.311 e. The summed E-state index contributed by atoms with van der Waals surface area (Å²) in [7, 11) is 0. The van der Waals surface area contributed by atoms with Crippen LogP contribution in [0.2, 0.25) is 0 Å². The second kappa shape index (κ2) is 8.06. The molecule has 108 valence electrons. The fourth-order valence-corrected chi connectivity index (χ4v) is 2.46. The van der Waals surface area contributed by atoms with Crippen molar-refractivity contribution >= 4 is 15.9 Å². The van der Waals surface area contributed by atoms with Gasteiger partial charge in [-0.05, 0) is 50.8 Å². The van der Waals surface area contributed by atoms with E-state index in [0.717, 1.165) is 11.0 Å². The first kappa shape index (κ1) is 16.7. The molecular formula is C17H28BrN. The first-order valence-electron chi connectivity index (χ1n) is 7.43. The summed E-state index contributed by atoms with van der Waals surface area (Å²) in [6.45, 7) is 10.0. The zero-order valence-corrected chi connectivity index (χ0v) is 14.4. The SMILES string of the molecule is CCCCCC(CNC(C)(C)C)c1ccc(Br)cc1. The van der Waals surface area contributed by atoms with Gasteiger partial charge >= 0.3 is 0 Å². The van der Waals surface area contributed by atoms with Crippen molar-refractivity contribution in [2.24, 2.45) is 0 Å². The van der Waals surface area contributed by atoms with Crippen LogP contribution in [0, 0.1) is 0 Å². The van der Waals surface area contributed by atoms with Gasteiger partial charge in [-0.1, -0.05) is 54.2 Å². The highest BCUT2D eigenvalue weighted by Gasteiger charge is 2.15. The van der Waals surface area contributed by atoms with Gasteiger partial charge in [-0.15, -0.1) is 0 Å². The Kier molecular flexibility index (Phi) is 7.09. The van der Waals surface area contributed by atoms with Gasteiger partial charge < -0.3 is 5.32 Å². The van der Waals surface area contributed by atoms with Crippen molar-refractivity contribution in [2.45, 2.75) is 64.8 Å². The normalized spacial score (nSPS) is 13.5. The van der Waals surface area contributed by atoms with E-state index >= 15 is 0 Å². The molecule has 0 fully saturated rings. The van der Waals surface area contributed by atoms with Crippen LogP contribution in [0.4, 0.5) is 0 Å². The van der Waals surface area contributed by atoms with Crippen LogP contribution in [0.3, 0.4) is 0 Å². The molecule has 0 aliphatic heterocycles. The summed E-state index contributed by atoms with van der Waals surface area (Å²) >= 11 is 3.51. The molecule has 0 spiro atoms. The maximum absolute atomic E-state index is 3.65. The summed E-state index contributed by atoms with van der Waals surface area (Å²) in [6.07, 6.45) is 5.23. The van der Waals surface area contributed by atoms with E-state index in [1.165, 1.54) is 31.2 Å². The van der Waals surface area contributed by atoms with E-state index in [1.807, 2.05) is 0 Å². The Bertz CT molecular complexity index is 351. The number of rotatable bonds is 7. The Morgan fingerprint density at radius 1 is 1.11 bits per heavy atom. The fourth-order valence-electron chi connectivity index (χ4n) is 2.19. The Hall–Kier alpha value is -0.340. The molecule has 1 unspecified atom stereocenters. The molecule has 1 atom stereocenters. The second-order valence-electron chi connectivity index (χ2n) is 6.38. The standard InChI is InChI=1S/C17H28BrN/c1-5-6-7-8-15(13-19-17(2,3)4)14-9-11-16(18)12-10-14/h9-12,15,19H,5-8,13H2,1-4H3. The monoisotopic (exact) mass is 325 g/mol. The fraction of sp³-hybridized carbons (Fsp3) is 0.647. The van der Waals surface area contributed by atoms with E-state index in [2.05, 4.69) is 73.2 Å². The summed E-state index contributed by atoms with van der Waals surface area (Å²) < 4.78 is 1.16. The molecule has 0 bridgehead atoms. The largest absolute Gasteiger partial charge is 0.311 e. The van der Waals surface area contributed by atoms with E-state index in [4.69, 9.17) is 0 Å². The van der Waals surface area contributed by atoms with Crippen molar-refractivity contribution in [1.82, 2.24) is 5.32 Å². The number of nitrogens with one attached hydrogen (secondary N) is 1. The van der Waals surface area contributed by atoms with E-state index in [0.29, 0.717) is 5.92 Å². The van der Waals surface area contributed by atoms with E-state index in [-0.39, 0.29) is 5.54 Å². The van der Waals surface area contributed by atoms with Crippen molar-refractivity contribution in [3.8, 4) is 0 Å². The molecule has 0 saturated heterocycles. The van der Waals surface area contributed by atoms with Crippen molar-refractivity contribution in [3.63, 3.8) is 0 Å². The molecule has 0 amide bonds. The van der Waals surface area contributed by atoms with Crippen LogP contribution in [-0.2, 0) is 0 Å². The minimum absolute atomic E-state index is 0.193. The molecule has 1 nitrogen and oxygen atoms in total. The van der Waals surface area contributed by atoms with Crippen LogP contribution >= 0.6 is 15.9 Å². The smallest absolute Gasteiger partial charge is 0.0175 e. The second-order valence-corrected chi connectivity index (χ2v) is 7.29. The average molecular weight is 326 g/mol. The summed E-state index contributed by atoms with van der Waals surface area (Å²) in [5.74, 6) is 0.624. The molecule has 2 heteroatoms. The third-order valence-electron chi connectivity index (χ3n) is 3.38. The highest BCUT2D eigenvalue weighted by molar-refractivity contribution is 9.10. The van der Waals surface area contributed by atoms with Gasteiger partial charge in [-0.25, -0.2) is 0 Å².